The largest absolute Gasteiger partial charge is 0.374 e. The Bertz CT molecular complexity index is 2470. The molecule has 3 N–H and O–H groups in total. The molecule has 5 aliphatic rings. The highest BCUT2D eigenvalue weighted by Gasteiger charge is 2.36. The lowest BCUT2D eigenvalue weighted by Gasteiger charge is -2.37. The van der Waals surface area contributed by atoms with Crippen molar-refractivity contribution in [1.82, 2.24) is 44.5 Å². The number of carbonyl (C=O) groups is 5. The summed E-state index contributed by atoms with van der Waals surface area (Å²) in [7, 11) is 1.77. The van der Waals surface area contributed by atoms with Gasteiger partial charge in [0.25, 0.3) is 6.43 Å². The van der Waals surface area contributed by atoms with Gasteiger partial charge in [-0.3, -0.25) is 48.5 Å². The summed E-state index contributed by atoms with van der Waals surface area (Å²) in [5, 5.41) is 17.9. The Hall–Kier alpha value is -6.21. The maximum atomic E-state index is 14.7. The van der Waals surface area contributed by atoms with Gasteiger partial charge in [-0.25, -0.2) is 8.78 Å². The summed E-state index contributed by atoms with van der Waals surface area (Å²) < 4.78 is 33.2. The second-order valence-corrected chi connectivity index (χ2v) is 17.9. The highest BCUT2D eigenvalue weighted by atomic mass is 19.3. The van der Waals surface area contributed by atoms with Crippen molar-refractivity contribution in [2.45, 2.75) is 76.9 Å². The zero-order valence-corrected chi connectivity index (χ0v) is 36.9. The Labute approximate surface area is 376 Å². The van der Waals surface area contributed by atoms with Crippen molar-refractivity contribution in [3.8, 4) is 11.1 Å². The molecule has 4 aromatic rings. The summed E-state index contributed by atoms with van der Waals surface area (Å²) in [6.07, 6.45) is 4.99. The molecule has 0 saturated carbocycles. The average molecular weight is 895 g/mol. The monoisotopic (exact) mass is 894 g/mol. The number of likely N-dealkylation sites (tertiary alicyclic amines) is 1. The van der Waals surface area contributed by atoms with E-state index in [0.717, 1.165) is 48.2 Å². The number of fused-ring (bicyclic) bond motifs is 2. The third kappa shape index (κ3) is 9.61. The molecule has 1 unspecified atom stereocenters. The Kier molecular flexibility index (Phi) is 12.7. The smallest absolute Gasteiger partial charge is 0.264 e. The predicted octanol–water partition coefficient (Wildman–Crippen LogP) is 3.85. The molecule has 2 aromatic carbocycles. The van der Waals surface area contributed by atoms with E-state index in [0.29, 0.717) is 107 Å². The minimum Gasteiger partial charge on any atom is -0.374 e. The number of piperidine rings is 2. The van der Waals surface area contributed by atoms with E-state index in [9.17, 15) is 32.8 Å². The fraction of sp³-hybridized carbons (Fsp3) is 0.500. The number of hydrogen-bond acceptors (Lipinski definition) is 11. The van der Waals surface area contributed by atoms with Crippen molar-refractivity contribution in [2.24, 2.45) is 7.05 Å². The fourth-order valence-corrected chi connectivity index (χ4v) is 9.96. The van der Waals surface area contributed by atoms with E-state index in [2.05, 4.69) is 40.4 Å². The van der Waals surface area contributed by atoms with Crippen LogP contribution in [0.5, 0.6) is 0 Å². The van der Waals surface area contributed by atoms with Gasteiger partial charge < -0.3 is 25.3 Å². The van der Waals surface area contributed by atoms with Gasteiger partial charge in [-0.1, -0.05) is 6.07 Å². The number of amides is 5. The first-order valence-corrected chi connectivity index (χ1v) is 22.7. The normalized spacial score (nSPS) is 19.8. The molecule has 17 nitrogen and oxygen atoms in total. The van der Waals surface area contributed by atoms with Crippen LogP contribution < -0.4 is 20.9 Å². The highest BCUT2D eigenvalue weighted by Crippen LogP contribution is 2.44. The van der Waals surface area contributed by atoms with Gasteiger partial charge in [-0.2, -0.15) is 10.2 Å². The molecule has 0 spiro atoms. The van der Waals surface area contributed by atoms with Gasteiger partial charge in [0.2, 0.25) is 29.5 Å². The van der Waals surface area contributed by atoms with Crippen LogP contribution in [-0.2, 0) is 50.4 Å². The van der Waals surface area contributed by atoms with E-state index in [1.165, 1.54) is 0 Å². The van der Waals surface area contributed by atoms with Crippen molar-refractivity contribution in [3.05, 3.63) is 71.2 Å². The van der Waals surface area contributed by atoms with E-state index in [1.807, 2.05) is 15.9 Å². The number of carbonyl (C=O) groups excluding carboxylic acids is 5. The van der Waals surface area contributed by atoms with E-state index in [4.69, 9.17) is 5.10 Å². The highest BCUT2D eigenvalue weighted by molar-refractivity contribution is 6.01. The van der Waals surface area contributed by atoms with Crippen molar-refractivity contribution in [1.29, 1.82) is 0 Å². The first-order chi connectivity index (χ1) is 31.4. The van der Waals surface area contributed by atoms with Gasteiger partial charge in [0.1, 0.15) is 6.04 Å². The number of hydrogen-bond donors (Lipinski definition) is 3. The first kappa shape index (κ1) is 44.0. The second kappa shape index (κ2) is 18.7. The quantitative estimate of drug-likeness (QED) is 0.187. The predicted molar refractivity (Wildman–Crippen MR) is 239 cm³/mol. The van der Waals surface area contributed by atoms with Crippen molar-refractivity contribution >= 4 is 52.4 Å². The summed E-state index contributed by atoms with van der Waals surface area (Å²) in [6, 6.07) is 10.2. The molecule has 7 heterocycles. The van der Waals surface area contributed by atoms with Crippen LogP contribution in [0.4, 0.5) is 31.7 Å². The third-order valence-electron chi connectivity index (χ3n) is 13.5. The van der Waals surface area contributed by atoms with Gasteiger partial charge in [0, 0.05) is 125 Å². The molecule has 5 amide bonds. The van der Waals surface area contributed by atoms with Gasteiger partial charge in [0.15, 0.2) is 5.82 Å². The molecule has 9 rings (SSSR count). The maximum Gasteiger partial charge on any atom is 0.264 e. The minimum atomic E-state index is -2.69. The molecule has 19 heteroatoms. The zero-order chi connectivity index (χ0) is 45.4. The topological polar surface area (TPSA) is 173 Å². The number of imide groups is 1. The summed E-state index contributed by atoms with van der Waals surface area (Å²) in [5.41, 5.74) is 6.07. The van der Waals surface area contributed by atoms with Gasteiger partial charge in [0.05, 0.1) is 31.9 Å². The molecule has 65 heavy (non-hydrogen) atoms. The number of nitrogens with one attached hydrogen (secondary N) is 3. The Morgan fingerprint density at radius 3 is 2.34 bits per heavy atom. The zero-order valence-electron chi connectivity index (χ0n) is 36.9. The second-order valence-electron chi connectivity index (χ2n) is 17.9. The molecular formula is C46H56F2N12O5. The number of rotatable bonds is 11. The molecular weight excluding hydrogens is 839 g/mol. The molecule has 3 fully saturated rings. The molecule has 0 bridgehead atoms. The van der Waals surface area contributed by atoms with Crippen LogP contribution in [0.1, 0.15) is 73.9 Å². The Morgan fingerprint density at radius 2 is 1.63 bits per heavy atom. The van der Waals surface area contributed by atoms with Crippen LogP contribution in [0.25, 0.3) is 11.1 Å². The van der Waals surface area contributed by atoms with Crippen LogP contribution in [0, 0.1) is 0 Å². The SMILES string of the molecule is CC(=O)N1CCc2c(c(N3CCCc4cc(-c5cnn(C)c5)c(C(F)F)cc43)nn2C2CCN(C(=O)CN3CCN(CC(=O)Nc4cccc(NC5CCC(=O)NC5=O)c4)CC3)CC2)C1. The standard InChI is InChI=1S/C46H56F2N12O5/c1-29(61)58-16-12-39-37(26-58)45(59-13-4-5-30-21-35(31-24-49-54(2)25-31)36(44(47)48)23-40(30)59)53-60(39)34-10-14-57(15-11-34)43(64)28-56-19-17-55(18-20-56)27-42(63)51-33-7-3-6-32(22-33)50-38-8-9-41(62)52-46(38)65/h3,6-7,21-25,34,38,44,50H,4-5,8-20,26-28H2,1-2H3,(H,51,63)(H,52,62,65). The fourth-order valence-electron chi connectivity index (χ4n) is 9.96. The molecule has 0 aliphatic carbocycles. The van der Waals surface area contributed by atoms with Crippen LogP contribution in [0.2, 0.25) is 0 Å². The summed E-state index contributed by atoms with van der Waals surface area (Å²) >= 11 is 0. The Morgan fingerprint density at radius 1 is 0.877 bits per heavy atom. The summed E-state index contributed by atoms with van der Waals surface area (Å²) in [6.45, 7) is 7.43. The molecule has 3 saturated heterocycles. The lowest BCUT2D eigenvalue weighted by atomic mass is 9.92. The maximum absolute atomic E-state index is 14.7. The van der Waals surface area contributed by atoms with Gasteiger partial charge in [-0.15, -0.1) is 0 Å². The molecule has 5 aliphatic heterocycles. The summed E-state index contributed by atoms with van der Waals surface area (Å²) in [4.78, 5) is 73.0. The van der Waals surface area contributed by atoms with Crippen molar-refractivity contribution in [3.63, 3.8) is 0 Å². The van der Waals surface area contributed by atoms with E-state index in [1.54, 1.807) is 61.4 Å². The minimum absolute atomic E-state index is 0.0192. The number of aromatic nitrogens is 4. The van der Waals surface area contributed by atoms with Crippen LogP contribution in [-0.4, -0.2) is 140 Å². The van der Waals surface area contributed by atoms with Crippen LogP contribution in [0.15, 0.2) is 48.8 Å². The van der Waals surface area contributed by atoms with Gasteiger partial charge in [-0.05, 0) is 73.6 Å². The number of aryl methyl sites for hydroxylation is 2. The van der Waals surface area contributed by atoms with Crippen LogP contribution >= 0.6 is 0 Å². The number of piperazine rings is 1. The van der Waals surface area contributed by atoms with E-state index in [-0.39, 0.29) is 54.1 Å². The van der Waals surface area contributed by atoms with Crippen LogP contribution in [0.3, 0.4) is 0 Å². The number of nitrogens with zero attached hydrogens (tertiary/aromatic N) is 9. The van der Waals surface area contributed by atoms with Crippen molar-refractivity contribution in [2.75, 3.05) is 81.0 Å². The Balaban J connectivity index is 0.802. The molecule has 2 aromatic heterocycles. The molecule has 0 radical (unpaired) electrons. The number of anilines is 4. The number of alkyl halides is 2. The average Bonchev–Trinajstić information content (AvgIpc) is 3.90. The molecule has 344 valence electrons. The number of halogens is 2. The summed E-state index contributed by atoms with van der Waals surface area (Å²) in [5.74, 6) is -0.0293. The van der Waals surface area contributed by atoms with Crippen molar-refractivity contribution < 1.29 is 32.8 Å². The lowest BCUT2D eigenvalue weighted by Crippen LogP contribution is -2.52. The van der Waals surface area contributed by atoms with Gasteiger partial charge >= 0.3 is 0 Å². The molecule has 1 atom stereocenters. The number of benzene rings is 2. The third-order valence-corrected chi connectivity index (χ3v) is 13.5. The first-order valence-electron chi connectivity index (χ1n) is 22.7. The van der Waals surface area contributed by atoms with E-state index < -0.39 is 12.5 Å². The lowest BCUT2D eigenvalue weighted by molar-refractivity contribution is -0.135. The van der Waals surface area contributed by atoms with E-state index >= 15 is 0 Å².